The average molecular weight is 224 g/mol. The van der Waals surface area contributed by atoms with Crippen molar-refractivity contribution < 1.29 is 9.90 Å². The lowest BCUT2D eigenvalue weighted by molar-refractivity contribution is -0.125. The molecule has 4 nitrogen and oxygen atoms in total. The number of nitrogens with one attached hydrogen (secondary N) is 2. The molecule has 0 aromatic heterocycles. The Hall–Kier alpha value is -1.05. The molecule has 0 saturated heterocycles. The van der Waals surface area contributed by atoms with Crippen LogP contribution in [0.3, 0.4) is 0 Å². The molecule has 3 N–H and O–H groups in total. The molecular weight excluding hydrogens is 204 g/mol. The zero-order valence-electron chi connectivity index (χ0n) is 10.1. The maximum atomic E-state index is 11.5. The molecule has 1 amide bonds. The number of aliphatic hydroxyl groups excluding tert-OH is 1. The Balaban J connectivity index is 2.38. The zero-order chi connectivity index (χ0) is 12.3. The number of rotatable bonds is 4. The van der Waals surface area contributed by atoms with Crippen molar-refractivity contribution in [3.05, 3.63) is 0 Å². The third-order valence-electron chi connectivity index (χ3n) is 3.43. The van der Waals surface area contributed by atoms with Gasteiger partial charge in [-0.05, 0) is 13.3 Å². The SMILES string of the molecule is C#CCNC(=O)C(C)NC1CC(O)C1(C)C. The molecule has 1 saturated carbocycles. The van der Waals surface area contributed by atoms with E-state index >= 15 is 0 Å². The van der Waals surface area contributed by atoms with Gasteiger partial charge < -0.3 is 15.7 Å². The second-order valence-electron chi connectivity index (χ2n) is 4.94. The van der Waals surface area contributed by atoms with Gasteiger partial charge in [0.1, 0.15) is 0 Å². The van der Waals surface area contributed by atoms with Gasteiger partial charge in [0.15, 0.2) is 0 Å². The lowest BCUT2D eigenvalue weighted by Crippen LogP contribution is -2.63. The summed E-state index contributed by atoms with van der Waals surface area (Å²) in [5, 5.41) is 15.4. The summed E-state index contributed by atoms with van der Waals surface area (Å²) >= 11 is 0. The molecule has 90 valence electrons. The topological polar surface area (TPSA) is 61.4 Å². The van der Waals surface area contributed by atoms with Gasteiger partial charge in [-0.25, -0.2) is 0 Å². The predicted molar refractivity (Wildman–Crippen MR) is 62.6 cm³/mol. The first-order valence-electron chi connectivity index (χ1n) is 5.55. The molecule has 3 atom stereocenters. The van der Waals surface area contributed by atoms with Crippen LogP contribution in [0.25, 0.3) is 0 Å². The van der Waals surface area contributed by atoms with Crippen LogP contribution in [0.2, 0.25) is 0 Å². The fourth-order valence-electron chi connectivity index (χ4n) is 1.85. The first kappa shape index (κ1) is 13.0. The van der Waals surface area contributed by atoms with Gasteiger partial charge in [-0.2, -0.15) is 0 Å². The molecule has 0 bridgehead atoms. The molecular formula is C12H20N2O2. The number of hydrogen-bond donors (Lipinski definition) is 3. The summed E-state index contributed by atoms with van der Waals surface area (Å²) in [6.45, 7) is 6.03. The molecule has 3 unspecified atom stereocenters. The minimum atomic E-state index is -0.287. The second-order valence-corrected chi connectivity index (χ2v) is 4.94. The Morgan fingerprint density at radius 3 is 2.75 bits per heavy atom. The fraction of sp³-hybridized carbons (Fsp3) is 0.750. The highest BCUT2D eigenvalue weighted by Gasteiger charge is 2.47. The van der Waals surface area contributed by atoms with E-state index < -0.39 is 0 Å². The Bertz CT molecular complexity index is 307. The van der Waals surface area contributed by atoms with E-state index in [1.165, 1.54) is 0 Å². The van der Waals surface area contributed by atoms with Crippen LogP contribution in [0, 0.1) is 17.8 Å². The highest BCUT2D eigenvalue weighted by atomic mass is 16.3. The number of amides is 1. The molecule has 1 fully saturated rings. The van der Waals surface area contributed by atoms with Gasteiger partial charge in [-0.1, -0.05) is 19.8 Å². The third kappa shape index (κ3) is 2.55. The standard InChI is InChI=1S/C12H20N2O2/c1-5-6-13-11(16)8(2)14-9-7-10(15)12(9,3)4/h1,8-10,14-15H,6-7H2,2-4H3,(H,13,16). The second kappa shape index (κ2) is 4.86. The molecule has 0 radical (unpaired) electrons. The van der Waals surface area contributed by atoms with Crippen LogP contribution < -0.4 is 10.6 Å². The normalized spacial score (nSPS) is 28.7. The first-order valence-corrected chi connectivity index (χ1v) is 5.55. The van der Waals surface area contributed by atoms with Crippen molar-refractivity contribution in [1.82, 2.24) is 10.6 Å². The number of carbonyl (C=O) groups excluding carboxylic acids is 1. The van der Waals surface area contributed by atoms with Crippen molar-refractivity contribution >= 4 is 5.91 Å². The quantitative estimate of drug-likeness (QED) is 0.583. The maximum Gasteiger partial charge on any atom is 0.237 e. The van der Waals surface area contributed by atoms with Crippen LogP contribution in [-0.4, -0.2) is 35.7 Å². The van der Waals surface area contributed by atoms with Crippen LogP contribution in [-0.2, 0) is 4.79 Å². The molecule has 0 heterocycles. The van der Waals surface area contributed by atoms with Crippen molar-refractivity contribution in [1.29, 1.82) is 0 Å². The lowest BCUT2D eigenvalue weighted by Gasteiger charge is -2.50. The summed E-state index contributed by atoms with van der Waals surface area (Å²) in [7, 11) is 0. The van der Waals surface area contributed by atoms with Gasteiger partial charge in [-0.15, -0.1) is 6.42 Å². The van der Waals surface area contributed by atoms with Gasteiger partial charge in [0.2, 0.25) is 5.91 Å². The number of aliphatic hydroxyl groups is 1. The van der Waals surface area contributed by atoms with Crippen LogP contribution in [0.1, 0.15) is 27.2 Å². The minimum Gasteiger partial charge on any atom is -0.392 e. The van der Waals surface area contributed by atoms with E-state index in [2.05, 4.69) is 16.6 Å². The predicted octanol–water partition coefficient (Wildman–Crippen LogP) is -0.127. The van der Waals surface area contributed by atoms with Crippen LogP contribution in [0.15, 0.2) is 0 Å². The van der Waals surface area contributed by atoms with Crippen molar-refractivity contribution in [3.63, 3.8) is 0 Å². The van der Waals surface area contributed by atoms with Crippen molar-refractivity contribution in [3.8, 4) is 12.3 Å². The van der Waals surface area contributed by atoms with Crippen LogP contribution in [0.4, 0.5) is 0 Å². The van der Waals surface area contributed by atoms with Gasteiger partial charge in [0.05, 0.1) is 18.7 Å². The third-order valence-corrected chi connectivity index (χ3v) is 3.43. The minimum absolute atomic E-state index is 0.102. The monoisotopic (exact) mass is 224 g/mol. The number of carbonyl (C=O) groups is 1. The Kier molecular flexibility index (Phi) is 3.95. The molecule has 0 aliphatic heterocycles. The van der Waals surface area contributed by atoms with Crippen molar-refractivity contribution in [2.75, 3.05) is 6.54 Å². The molecule has 1 rings (SSSR count). The fourth-order valence-corrected chi connectivity index (χ4v) is 1.85. The van der Waals surface area contributed by atoms with Crippen molar-refractivity contribution in [2.24, 2.45) is 5.41 Å². The summed E-state index contributed by atoms with van der Waals surface area (Å²) in [6.07, 6.45) is 5.47. The Morgan fingerprint density at radius 2 is 2.31 bits per heavy atom. The Labute approximate surface area is 96.8 Å². The van der Waals surface area contributed by atoms with Gasteiger partial charge >= 0.3 is 0 Å². The number of hydrogen-bond acceptors (Lipinski definition) is 3. The summed E-state index contributed by atoms with van der Waals surface area (Å²) in [5.41, 5.74) is -0.166. The molecule has 0 aromatic carbocycles. The Morgan fingerprint density at radius 1 is 1.69 bits per heavy atom. The molecule has 4 heteroatoms. The lowest BCUT2D eigenvalue weighted by atomic mass is 9.64. The number of terminal acetylenes is 1. The molecule has 0 spiro atoms. The van der Waals surface area contributed by atoms with Gasteiger partial charge in [0, 0.05) is 11.5 Å². The maximum absolute atomic E-state index is 11.5. The largest absolute Gasteiger partial charge is 0.392 e. The van der Waals surface area contributed by atoms with E-state index in [0.717, 1.165) is 0 Å². The highest BCUT2D eigenvalue weighted by Crippen LogP contribution is 2.40. The van der Waals surface area contributed by atoms with Gasteiger partial charge in [-0.3, -0.25) is 4.79 Å². The molecule has 16 heavy (non-hydrogen) atoms. The van der Waals surface area contributed by atoms with Gasteiger partial charge in [0.25, 0.3) is 0 Å². The molecule has 0 aromatic rings. The van der Waals surface area contributed by atoms with E-state index in [-0.39, 0.29) is 36.1 Å². The van der Waals surface area contributed by atoms with E-state index in [4.69, 9.17) is 6.42 Å². The van der Waals surface area contributed by atoms with Crippen LogP contribution in [0.5, 0.6) is 0 Å². The summed E-state index contributed by atoms with van der Waals surface area (Å²) in [4.78, 5) is 11.5. The summed E-state index contributed by atoms with van der Waals surface area (Å²) < 4.78 is 0. The molecule has 1 aliphatic rings. The summed E-state index contributed by atoms with van der Waals surface area (Å²) in [5.74, 6) is 2.26. The molecule has 1 aliphatic carbocycles. The highest BCUT2D eigenvalue weighted by molar-refractivity contribution is 5.81. The van der Waals surface area contributed by atoms with E-state index in [0.29, 0.717) is 6.42 Å². The average Bonchev–Trinajstić information content (AvgIpc) is 2.25. The zero-order valence-corrected chi connectivity index (χ0v) is 10.1. The van der Waals surface area contributed by atoms with E-state index in [1.54, 1.807) is 6.92 Å². The smallest absolute Gasteiger partial charge is 0.237 e. The van der Waals surface area contributed by atoms with E-state index in [1.807, 2.05) is 13.8 Å². The summed E-state index contributed by atoms with van der Waals surface area (Å²) in [6, 6.07) is -0.112. The first-order chi connectivity index (χ1) is 7.39. The van der Waals surface area contributed by atoms with E-state index in [9.17, 15) is 9.90 Å². The van der Waals surface area contributed by atoms with Crippen LogP contribution >= 0.6 is 0 Å². The van der Waals surface area contributed by atoms with Crippen molar-refractivity contribution in [2.45, 2.75) is 45.4 Å².